The van der Waals surface area contributed by atoms with Crippen molar-refractivity contribution in [3.05, 3.63) is 58.6 Å². The molecule has 2 aromatic rings. The van der Waals surface area contributed by atoms with Crippen LogP contribution in [-0.2, 0) is 0 Å². The van der Waals surface area contributed by atoms with Crippen molar-refractivity contribution in [2.45, 2.75) is 6.36 Å². The molecule has 0 amide bonds. The van der Waals surface area contributed by atoms with E-state index in [-0.39, 0.29) is 5.56 Å². The zero-order valence-corrected chi connectivity index (χ0v) is 9.92. The summed E-state index contributed by atoms with van der Waals surface area (Å²) in [5.74, 6) is -0.621. The third-order valence-corrected chi connectivity index (χ3v) is 2.48. The van der Waals surface area contributed by atoms with Crippen molar-refractivity contribution in [1.82, 2.24) is 0 Å². The predicted octanol–water partition coefficient (Wildman–Crippen LogP) is 4.16. The summed E-state index contributed by atoms with van der Waals surface area (Å²) < 4.78 is 40.0. The molecule has 0 unspecified atom stereocenters. The van der Waals surface area contributed by atoms with Crippen LogP contribution < -0.4 is 4.74 Å². The van der Waals surface area contributed by atoms with Gasteiger partial charge in [0, 0.05) is 0 Å². The van der Waals surface area contributed by atoms with Gasteiger partial charge in [0.25, 0.3) is 5.69 Å². The minimum atomic E-state index is -4.89. The van der Waals surface area contributed by atoms with Crippen LogP contribution in [0.2, 0.25) is 0 Å². The van der Waals surface area contributed by atoms with Crippen molar-refractivity contribution >= 4 is 5.69 Å². The van der Waals surface area contributed by atoms with E-state index in [1.54, 1.807) is 30.3 Å². The Balaban J connectivity index is 2.47. The quantitative estimate of drug-likeness (QED) is 0.627. The number of ether oxygens (including phenoxy) is 1. The highest BCUT2D eigenvalue weighted by atomic mass is 19.4. The predicted molar refractivity (Wildman–Crippen MR) is 65.2 cm³/mol. The van der Waals surface area contributed by atoms with Gasteiger partial charge in [-0.2, -0.15) is 0 Å². The zero-order valence-electron chi connectivity index (χ0n) is 9.92. The molecule has 2 rings (SSSR count). The number of benzene rings is 2. The van der Waals surface area contributed by atoms with Gasteiger partial charge in [0.2, 0.25) is 0 Å². The van der Waals surface area contributed by atoms with E-state index < -0.39 is 22.7 Å². The standard InChI is InChI=1S/C13H8F3NO3/c14-13(15,16)20-10-6-7-11(12(8-10)17(18)19)9-4-2-1-3-5-9/h1-8H. The number of hydrogen-bond acceptors (Lipinski definition) is 3. The lowest BCUT2D eigenvalue weighted by Gasteiger charge is -2.10. The van der Waals surface area contributed by atoms with Crippen LogP contribution in [0.25, 0.3) is 11.1 Å². The van der Waals surface area contributed by atoms with Gasteiger partial charge in [-0.3, -0.25) is 10.1 Å². The van der Waals surface area contributed by atoms with Gasteiger partial charge < -0.3 is 4.74 Å². The molecule has 0 radical (unpaired) electrons. The Kier molecular flexibility index (Phi) is 3.60. The summed E-state index contributed by atoms with van der Waals surface area (Å²) in [5, 5.41) is 11.0. The van der Waals surface area contributed by atoms with Gasteiger partial charge >= 0.3 is 6.36 Å². The second kappa shape index (κ2) is 5.20. The van der Waals surface area contributed by atoms with E-state index in [4.69, 9.17) is 0 Å². The first-order valence-corrected chi connectivity index (χ1v) is 5.46. The molecule has 0 aliphatic carbocycles. The molecular weight excluding hydrogens is 275 g/mol. The Morgan fingerprint density at radius 3 is 2.25 bits per heavy atom. The maximum atomic E-state index is 12.1. The van der Waals surface area contributed by atoms with Crippen molar-refractivity contribution < 1.29 is 22.8 Å². The largest absolute Gasteiger partial charge is 0.573 e. The van der Waals surface area contributed by atoms with Crippen LogP contribution in [0.4, 0.5) is 18.9 Å². The van der Waals surface area contributed by atoms with Gasteiger partial charge in [-0.25, -0.2) is 0 Å². The maximum Gasteiger partial charge on any atom is 0.573 e. The number of nitro groups is 1. The Hall–Kier alpha value is -2.57. The SMILES string of the molecule is O=[N+]([O-])c1cc(OC(F)(F)F)ccc1-c1ccccc1. The molecule has 0 aromatic heterocycles. The summed E-state index contributed by atoms with van der Waals surface area (Å²) in [6.07, 6.45) is -4.89. The van der Waals surface area contributed by atoms with Crippen LogP contribution >= 0.6 is 0 Å². The number of rotatable bonds is 3. The highest BCUT2D eigenvalue weighted by Crippen LogP contribution is 2.34. The Morgan fingerprint density at radius 1 is 1.05 bits per heavy atom. The van der Waals surface area contributed by atoms with Gasteiger partial charge in [-0.15, -0.1) is 13.2 Å². The first-order valence-electron chi connectivity index (χ1n) is 5.46. The van der Waals surface area contributed by atoms with Gasteiger partial charge in [0.1, 0.15) is 5.75 Å². The highest BCUT2D eigenvalue weighted by molar-refractivity contribution is 5.74. The van der Waals surface area contributed by atoms with Crippen LogP contribution in [-0.4, -0.2) is 11.3 Å². The first kappa shape index (κ1) is 13.9. The van der Waals surface area contributed by atoms with E-state index in [9.17, 15) is 23.3 Å². The van der Waals surface area contributed by atoms with Gasteiger partial charge in [0.15, 0.2) is 0 Å². The Morgan fingerprint density at radius 2 is 1.70 bits per heavy atom. The monoisotopic (exact) mass is 283 g/mol. The molecule has 0 atom stereocenters. The average Bonchev–Trinajstić information content (AvgIpc) is 2.37. The van der Waals surface area contributed by atoms with Crippen molar-refractivity contribution in [2.24, 2.45) is 0 Å². The van der Waals surface area contributed by atoms with Crippen LogP contribution in [0.5, 0.6) is 5.75 Å². The van der Waals surface area contributed by atoms with Crippen molar-refractivity contribution in [3.63, 3.8) is 0 Å². The van der Waals surface area contributed by atoms with Crippen molar-refractivity contribution in [2.75, 3.05) is 0 Å². The van der Waals surface area contributed by atoms with E-state index in [2.05, 4.69) is 4.74 Å². The van der Waals surface area contributed by atoms with Gasteiger partial charge in [-0.05, 0) is 17.7 Å². The molecule has 0 bridgehead atoms. The average molecular weight is 283 g/mol. The molecule has 20 heavy (non-hydrogen) atoms. The van der Waals surface area contributed by atoms with Crippen molar-refractivity contribution in [1.29, 1.82) is 0 Å². The minimum absolute atomic E-state index is 0.227. The molecule has 0 fully saturated rings. The van der Waals surface area contributed by atoms with E-state index in [0.29, 0.717) is 5.56 Å². The summed E-state index contributed by atoms with van der Waals surface area (Å²) in [5.41, 5.74) is 0.320. The summed E-state index contributed by atoms with van der Waals surface area (Å²) in [4.78, 5) is 10.2. The fourth-order valence-corrected chi connectivity index (χ4v) is 1.72. The third-order valence-electron chi connectivity index (χ3n) is 2.48. The molecule has 104 valence electrons. The lowest BCUT2D eigenvalue weighted by molar-refractivity contribution is -0.384. The maximum absolute atomic E-state index is 12.1. The van der Waals surface area contributed by atoms with Gasteiger partial charge in [0.05, 0.1) is 16.6 Å². The van der Waals surface area contributed by atoms with Crippen LogP contribution in [0.15, 0.2) is 48.5 Å². The number of alkyl halides is 3. The molecule has 0 spiro atoms. The van der Waals surface area contributed by atoms with E-state index in [1.165, 1.54) is 6.07 Å². The fraction of sp³-hybridized carbons (Fsp3) is 0.0769. The molecule has 0 N–H and O–H groups in total. The number of halogens is 3. The molecule has 0 aliphatic heterocycles. The fourth-order valence-electron chi connectivity index (χ4n) is 1.72. The zero-order chi connectivity index (χ0) is 14.8. The van der Waals surface area contributed by atoms with Gasteiger partial charge in [-0.1, -0.05) is 30.3 Å². The molecule has 2 aromatic carbocycles. The summed E-state index contributed by atoms with van der Waals surface area (Å²) in [7, 11) is 0. The Labute approximate surface area is 111 Å². The molecule has 0 saturated heterocycles. The molecule has 0 saturated carbocycles. The smallest absolute Gasteiger partial charge is 0.406 e. The molecule has 0 aliphatic rings. The number of nitrogens with zero attached hydrogens (tertiary/aromatic N) is 1. The Bertz CT molecular complexity index is 627. The number of hydrogen-bond donors (Lipinski definition) is 0. The first-order chi connectivity index (χ1) is 9.37. The van der Waals surface area contributed by atoms with E-state index in [0.717, 1.165) is 12.1 Å². The summed E-state index contributed by atoms with van der Waals surface area (Å²) >= 11 is 0. The summed E-state index contributed by atoms with van der Waals surface area (Å²) in [6, 6.07) is 11.4. The lowest BCUT2D eigenvalue weighted by atomic mass is 10.0. The van der Waals surface area contributed by atoms with Crippen molar-refractivity contribution in [3.8, 4) is 16.9 Å². The molecular formula is C13H8F3NO3. The third kappa shape index (κ3) is 3.25. The number of nitro benzene ring substituents is 1. The normalized spacial score (nSPS) is 11.2. The minimum Gasteiger partial charge on any atom is -0.406 e. The van der Waals surface area contributed by atoms with Crippen LogP contribution in [0.1, 0.15) is 0 Å². The second-order valence-corrected chi connectivity index (χ2v) is 3.85. The highest BCUT2D eigenvalue weighted by Gasteiger charge is 2.32. The van der Waals surface area contributed by atoms with Crippen LogP contribution in [0.3, 0.4) is 0 Å². The van der Waals surface area contributed by atoms with E-state index >= 15 is 0 Å². The lowest BCUT2D eigenvalue weighted by Crippen LogP contribution is -2.17. The molecule has 7 heteroatoms. The molecule has 4 nitrogen and oxygen atoms in total. The van der Waals surface area contributed by atoms with Crippen LogP contribution in [0, 0.1) is 10.1 Å². The second-order valence-electron chi connectivity index (χ2n) is 3.85. The summed E-state index contributed by atoms with van der Waals surface area (Å²) in [6.45, 7) is 0. The molecule has 0 heterocycles. The topological polar surface area (TPSA) is 52.4 Å². The van der Waals surface area contributed by atoms with E-state index in [1.807, 2.05) is 0 Å².